The Kier molecular flexibility index (Phi) is 6.23. The minimum absolute atomic E-state index is 0.00558. The number of carbonyl (C=O) groups excluding carboxylic acids is 1. The molecular formula is C17H21NO4. The average molecular weight is 303 g/mol. The molecule has 0 spiro atoms. The number of hydrogen-bond acceptors (Lipinski definition) is 5. The van der Waals surface area contributed by atoms with E-state index in [2.05, 4.69) is 0 Å². The highest BCUT2D eigenvalue weighted by atomic mass is 16.5. The van der Waals surface area contributed by atoms with Gasteiger partial charge in [0, 0.05) is 13.5 Å². The van der Waals surface area contributed by atoms with Crippen molar-refractivity contribution in [2.45, 2.75) is 44.3 Å². The van der Waals surface area contributed by atoms with Crippen LogP contribution in [0.25, 0.3) is 0 Å². The van der Waals surface area contributed by atoms with E-state index in [1.807, 2.05) is 12.1 Å². The normalized spacial score (nSPS) is 20.9. The lowest BCUT2D eigenvalue weighted by atomic mass is 9.95. The molecule has 1 aliphatic rings. The monoisotopic (exact) mass is 303 g/mol. The Balaban J connectivity index is 1.85. The molecule has 0 aromatic heterocycles. The number of esters is 1. The van der Waals surface area contributed by atoms with Crippen molar-refractivity contribution >= 4 is 5.97 Å². The summed E-state index contributed by atoms with van der Waals surface area (Å²) in [5.41, 5.74) is 0.819. The van der Waals surface area contributed by atoms with Crippen LogP contribution in [-0.2, 0) is 20.7 Å². The average Bonchev–Trinajstić information content (AvgIpc) is 2.53. The predicted molar refractivity (Wildman–Crippen MR) is 80.4 cm³/mol. The lowest BCUT2D eigenvalue weighted by Crippen LogP contribution is -2.29. The van der Waals surface area contributed by atoms with Crippen LogP contribution < -0.4 is 4.74 Å². The van der Waals surface area contributed by atoms with Gasteiger partial charge in [0.2, 0.25) is 0 Å². The Morgan fingerprint density at radius 2 is 2.18 bits per heavy atom. The fourth-order valence-electron chi connectivity index (χ4n) is 2.68. The van der Waals surface area contributed by atoms with Gasteiger partial charge in [0.05, 0.1) is 12.5 Å². The van der Waals surface area contributed by atoms with E-state index >= 15 is 0 Å². The minimum Gasteiger partial charge on any atom is -0.479 e. The molecule has 2 atom stereocenters. The molecule has 0 heterocycles. The Bertz CT molecular complexity index is 538. The Morgan fingerprint density at radius 1 is 1.36 bits per heavy atom. The predicted octanol–water partition coefficient (Wildman–Crippen LogP) is 2.63. The van der Waals surface area contributed by atoms with Crippen LogP contribution in [0.2, 0.25) is 0 Å². The molecule has 5 nitrogen and oxygen atoms in total. The molecule has 118 valence electrons. The molecular weight excluding hydrogens is 282 g/mol. The van der Waals surface area contributed by atoms with Gasteiger partial charge in [-0.15, -0.1) is 0 Å². The molecule has 2 rings (SSSR count). The number of rotatable bonds is 6. The van der Waals surface area contributed by atoms with Crippen LogP contribution in [0.15, 0.2) is 24.3 Å². The number of carbonyl (C=O) groups is 1. The zero-order valence-electron chi connectivity index (χ0n) is 12.8. The molecule has 0 N–H and O–H groups in total. The number of nitriles is 1. The first-order valence-corrected chi connectivity index (χ1v) is 7.52. The second kappa shape index (κ2) is 8.40. The first-order chi connectivity index (χ1) is 10.7. The number of hydrogen-bond donors (Lipinski definition) is 0. The topological polar surface area (TPSA) is 68.6 Å². The maximum atomic E-state index is 12.0. The van der Waals surface area contributed by atoms with Gasteiger partial charge in [-0.05, 0) is 37.0 Å². The Labute approximate surface area is 130 Å². The first kappa shape index (κ1) is 16.3. The molecule has 0 amide bonds. The van der Waals surface area contributed by atoms with E-state index in [0.717, 1.165) is 31.2 Å². The number of nitrogens with zero attached hydrogens (tertiary/aromatic N) is 1. The molecule has 22 heavy (non-hydrogen) atoms. The summed E-state index contributed by atoms with van der Waals surface area (Å²) in [6.07, 6.45) is 4.07. The maximum Gasteiger partial charge on any atom is 0.310 e. The number of methoxy groups -OCH3 is 1. The van der Waals surface area contributed by atoms with Gasteiger partial charge in [-0.3, -0.25) is 4.79 Å². The molecule has 1 aliphatic carbocycles. The molecule has 1 fully saturated rings. The first-order valence-electron chi connectivity index (χ1n) is 7.52. The van der Waals surface area contributed by atoms with Crippen LogP contribution in [0.3, 0.4) is 0 Å². The molecule has 1 aromatic carbocycles. The van der Waals surface area contributed by atoms with Crippen LogP contribution in [0, 0.1) is 11.3 Å². The highest BCUT2D eigenvalue weighted by molar-refractivity contribution is 5.72. The summed E-state index contributed by atoms with van der Waals surface area (Å²) in [7, 11) is 1.70. The molecule has 0 bridgehead atoms. The van der Waals surface area contributed by atoms with Crippen molar-refractivity contribution in [3.63, 3.8) is 0 Å². The molecule has 5 heteroatoms. The summed E-state index contributed by atoms with van der Waals surface area (Å²) in [5, 5.41) is 8.51. The molecule has 0 saturated heterocycles. The van der Waals surface area contributed by atoms with Gasteiger partial charge < -0.3 is 14.2 Å². The summed E-state index contributed by atoms with van der Waals surface area (Å²) in [4.78, 5) is 12.0. The van der Waals surface area contributed by atoms with Gasteiger partial charge in [0.15, 0.2) is 6.61 Å². The Hall–Kier alpha value is -2.06. The van der Waals surface area contributed by atoms with Gasteiger partial charge in [-0.2, -0.15) is 5.26 Å². The molecule has 0 radical (unpaired) electrons. The van der Waals surface area contributed by atoms with Crippen molar-refractivity contribution in [2.75, 3.05) is 13.7 Å². The van der Waals surface area contributed by atoms with E-state index < -0.39 is 0 Å². The third-order valence-corrected chi connectivity index (χ3v) is 3.76. The van der Waals surface area contributed by atoms with Crippen molar-refractivity contribution in [2.24, 2.45) is 0 Å². The van der Waals surface area contributed by atoms with Crippen molar-refractivity contribution in [3.8, 4) is 11.8 Å². The molecule has 0 aliphatic heterocycles. The Morgan fingerprint density at radius 3 is 2.95 bits per heavy atom. The fourth-order valence-corrected chi connectivity index (χ4v) is 2.68. The van der Waals surface area contributed by atoms with E-state index in [0.29, 0.717) is 5.75 Å². The molecule has 1 aromatic rings. The van der Waals surface area contributed by atoms with Crippen molar-refractivity contribution < 1.29 is 19.0 Å². The van der Waals surface area contributed by atoms with E-state index in [9.17, 15) is 4.79 Å². The molecule has 1 saturated carbocycles. The summed E-state index contributed by atoms with van der Waals surface area (Å²) in [6, 6.07) is 9.09. The van der Waals surface area contributed by atoms with Crippen LogP contribution >= 0.6 is 0 Å². The quantitative estimate of drug-likeness (QED) is 0.756. The van der Waals surface area contributed by atoms with Crippen molar-refractivity contribution in [1.82, 2.24) is 0 Å². The maximum absolute atomic E-state index is 12.0. The smallest absolute Gasteiger partial charge is 0.310 e. The summed E-state index contributed by atoms with van der Waals surface area (Å²) in [5.74, 6) is 0.350. The zero-order valence-corrected chi connectivity index (χ0v) is 12.8. The van der Waals surface area contributed by atoms with Crippen LogP contribution in [0.4, 0.5) is 0 Å². The SMILES string of the molecule is COC1CCCC(OC(=O)Cc2cccc(OCC#N)c2)C1. The minimum atomic E-state index is -0.237. The number of benzene rings is 1. The van der Waals surface area contributed by atoms with Gasteiger partial charge in [0.1, 0.15) is 17.9 Å². The molecule has 2 unspecified atom stereocenters. The van der Waals surface area contributed by atoms with E-state index in [-0.39, 0.29) is 31.2 Å². The fraction of sp³-hybridized carbons (Fsp3) is 0.529. The van der Waals surface area contributed by atoms with E-state index in [1.165, 1.54) is 0 Å². The largest absolute Gasteiger partial charge is 0.479 e. The lowest BCUT2D eigenvalue weighted by molar-refractivity contribution is -0.151. The van der Waals surface area contributed by atoms with Crippen molar-refractivity contribution in [3.05, 3.63) is 29.8 Å². The van der Waals surface area contributed by atoms with Crippen LogP contribution in [0.5, 0.6) is 5.75 Å². The van der Waals surface area contributed by atoms with Crippen LogP contribution in [-0.4, -0.2) is 31.9 Å². The highest BCUT2D eigenvalue weighted by Crippen LogP contribution is 2.23. The van der Waals surface area contributed by atoms with Gasteiger partial charge in [0.25, 0.3) is 0 Å². The van der Waals surface area contributed by atoms with Gasteiger partial charge in [-0.25, -0.2) is 0 Å². The highest BCUT2D eigenvalue weighted by Gasteiger charge is 2.24. The summed E-state index contributed by atoms with van der Waals surface area (Å²) < 4.78 is 16.1. The second-order valence-electron chi connectivity index (χ2n) is 5.41. The number of ether oxygens (including phenoxy) is 3. The van der Waals surface area contributed by atoms with Crippen molar-refractivity contribution in [1.29, 1.82) is 5.26 Å². The lowest BCUT2D eigenvalue weighted by Gasteiger charge is -2.27. The van der Waals surface area contributed by atoms with Gasteiger partial charge >= 0.3 is 5.97 Å². The third kappa shape index (κ3) is 5.05. The summed E-state index contributed by atoms with van der Waals surface area (Å²) in [6.45, 7) is -0.00558. The standard InChI is InChI=1S/C17H21NO4/c1-20-14-5-3-7-16(12-14)22-17(19)11-13-4-2-6-15(10-13)21-9-8-18/h2,4,6,10,14,16H,3,5,7,9,11-12H2,1H3. The summed E-state index contributed by atoms with van der Waals surface area (Å²) >= 11 is 0. The third-order valence-electron chi connectivity index (χ3n) is 3.76. The van der Waals surface area contributed by atoms with Gasteiger partial charge in [-0.1, -0.05) is 12.1 Å². The van der Waals surface area contributed by atoms with E-state index in [1.54, 1.807) is 25.3 Å². The second-order valence-corrected chi connectivity index (χ2v) is 5.41. The van der Waals surface area contributed by atoms with E-state index in [4.69, 9.17) is 19.5 Å². The zero-order chi connectivity index (χ0) is 15.8. The van der Waals surface area contributed by atoms with Crippen LogP contribution in [0.1, 0.15) is 31.2 Å².